The molecule has 0 aliphatic carbocycles. The van der Waals surface area contributed by atoms with Gasteiger partial charge in [0.05, 0.1) is 0 Å². The van der Waals surface area contributed by atoms with Crippen LogP contribution in [-0.4, -0.2) is 28.2 Å². The van der Waals surface area contributed by atoms with Crippen LogP contribution in [0.3, 0.4) is 0 Å². The smallest absolute Gasteiger partial charge is 0.0426 e. The summed E-state index contributed by atoms with van der Waals surface area (Å²) in [6.07, 6.45) is 5.33. The Kier molecular flexibility index (Phi) is 7.35. The molecule has 2 rings (SSSR count). The van der Waals surface area contributed by atoms with Gasteiger partial charge in [0, 0.05) is 39.6 Å². The zero-order valence-corrected chi connectivity index (χ0v) is 18.7. The van der Waals surface area contributed by atoms with Crippen LogP contribution in [0.15, 0.2) is 24.3 Å². The van der Waals surface area contributed by atoms with Crippen LogP contribution in [-0.2, 0) is 32.1 Å². The van der Waals surface area contributed by atoms with Crippen molar-refractivity contribution in [1.82, 2.24) is 0 Å². The predicted octanol–water partition coefficient (Wildman–Crippen LogP) is 5.66. The minimum absolute atomic E-state index is 1.02. The highest BCUT2D eigenvalue weighted by atomic mass is 15.1. The molecule has 0 saturated carbocycles. The highest BCUT2D eigenvalue weighted by Crippen LogP contribution is 2.31. The van der Waals surface area contributed by atoms with Crippen molar-refractivity contribution in [2.24, 2.45) is 0 Å². The molecule has 2 nitrogen and oxygen atoms in total. The first kappa shape index (κ1) is 21.3. The second kappa shape index (κ2) is 9.30. The molecule has 0 bridgehead atoms. The Balaban J connectivity index is 2.50. The van der Waals surface area contributed by atoms with Gasteiger partial charge in [-0.2, -0.15) is 0 Å². The van der Waals surface area contributed by atoms with Gasteiger partial charge in [-0.05, 0) is 65.5 Å². The van der Waals surface area contributed by atoms with Crippen LogP contribution in [0.5, 0.6) is 0 Å². The van der Waals surface area contributed by atoms with E-state index in [1.54, 1.807) is 0 Å². The van der Waals surface area contributed by atoms with Gasteiger partial charge >= 0.3 is 0 Å². The van der Waals surface area contributed by atoms with E-state index in [2.05, 4.69) is 90.0 Å². The average molecular weight is 367 g/mol. The molecule has 0 atom stereocenters. The molecule has 27 heavy (non-hydrogen) atoms. The second-order valence-electron chi connectivity index (χ2n) is 7.91. The van der Waals surface area contributed by atoms with E-state index < -0.39 is 0 Å². The molecule has 0 N–H and O–H groups in total. The number of rotatable bonds is 8. The number of benzene rings is 2. The summed E-state index contributed by atoms with van der Waals surface area (Å²) < 4.78 is 0. The van der Waals surface area contributed by atoms with Crippen LogP contribution in [0.1, 0.15) is 61.1 Å². The highest BCUT2D eigenvalue weighted by Gasteiger charge is 2.14. The Morgan fingerprint density at radius 1 is 0.519 bits per heavy atom. The fourth-order valence-corrected chi connectivity index (χ4v) is 4.33. The molecule has 0 amide bonds. The third kappa shape index (κ3) is 4.66. The fourth-order valence-electron chi connectivity index (χ4n) is 4.33. The van der Waals surface area contributed by atoms with Gasteiger partial charge in [-0.25, -0.2) is 0 Å². The fraction of sp³-hybridized carbons (Fsp3) is 0.520. The summed E-state index contributed by atoms with van der Waals surface area (Å²) in [5.74, 6) is 0. The van der Waals surface area contributed by atoms with E-state index in [1.807, 2.05) is 0 Å². The lowest BCUT2D eigenvalue weighted by Gasteiger charge is -2.24. The number of aryl methyl sites for hydroxylation is 4. The van der Waals surface area contributed by atoms with E-state index in [-0.39, 0.29) is 0 Å². The lowest BCUT2D eigenvalue weighted by molar-refractivity contribution is 0.987. The van der Waals surface area contributed by atoms with Crippen molar-refractivity contribution in [2.75, 3.05) is 38.0 Å². The van der Waals surface area contributed by atoms with Gasteiger partial charge in [0.25, 0.3) is 0 Å². The lowest BCUT2D eigenvalue weighted by Crippen LogP contribution is -2.15. The SMILES string of the molecule is CCc1cc(Cc2cc(CC)c(N(C)C)c(CC)c2)cc(CC)c1N(C)C. The molecule has 2 aromatic rings. The zero-order valence-electron chi connectivity index (χ0n) is 18.7. The molecule has 2 heteroatoms. The van der Waals surface area contributed by atoms with Crippen molar-refractivity contribution >= 4 is 11.4 Å². The summed E-state index contributed by atoms with van der Waals surface area (Å²) in [5, 5.41) is 0. The minimum atomic E-state index is 1.02. The van der Waals surface area contributed by atoms with Crippen molar-refractivity contribution in [3.8, 4) is 0 Å². The van der Waals surface area contributed by atoms with Gasteiger partial charge in [0.15, 0.2) is 0 Å². The maximum Gasteiger partial charge on any atom is 0.0426 e. The second-order valence-corrected chi connectivity index (χ2v) is 7.91. The van der Waals surface area contributed by atoms with Crippen molar-refractivity contribution in [3.05, 3.63) is 57.6 Å². The van der Waals surface area contributed by atoms with Gasteiger partial charge in [-0.15, -0.1) is 0 Å². The van der Waals surface area contributed by atoms with Crippen LogP contribution in [0.2, 0.25) is 0 Å². The summed E-state index contributed by atoms with van der Waals surface area (Å²) in [6.45, 7) is 9.06. The summed E-state index contributed by atoms with van der Waals surface area (Å²) in [4.78, 5) is 4.55. The Hall–Kier alpha value is -1.96. The normalized spacial score (nSPS) is 11.0. The largest absolute Gasteiger partial charge is 0.377 e. The molecule has 0 spiro atoms. The van der Waals surface area contributed by atoms with Crippen molar-refractivity contribution in [3.63, 3.8) is 0 Å². The first-order chi connectivity index (χ1) is 12.9. The van der Waals surface area contributed by atoms with E-state index in [0.29, 0.717) is 0 Å². The van der Waals surface area contributed by atoms with Crippen molar-refractivity contribution < 1.29 is 0 Å². The van der Waals surface area contributed by atoms with E-state index in [9.17, 15) is 0 Å². The molecule has 2 aromatic carbocycles. The number of anilines is 2. The standard InChI is InChI=1S/C25H38N2/c1-9-20-14-18(15-21(10-2)24(20)26(5)6)13-19-16-22(11-3)25(27(7)8)23(12-4)17-19/h14-17H,9-13H2,1-8H3. The molecule has 0 heterocycles. The van der Waals surface area contributed by atoms with Gasteiger partial charge in [0.2, 0.25) is 0 Å². The first-order valence-electron chi connectivity index (χ1n) is 10.5. The molecule has 0 saturated heterocycles. The number of nitrogens with zero attached hydrogens (tertiary/aromatic N) is 2. The third-order valence-electron chi connectivity index (χ3n) is 5.48. The molecule has 148 valence electrons. The van der Waals surface area contributed by atoms with E-state index in [4.69, 9.17) is 0 Å². The Morgan fingerprint density at radius 3 is 0.963 bits per heavy atom. The maximum absolute atomic E-state index is 2.42. The highest BCUT2D eigenvalue weighted by molar-refractivity contribution is 5.63. The van der Waals surface area contributed by atoms with Gasteiger partial charge in [0.1, 0.15) is 0 Å². The first-order valence-corrected chi connectivity index (χ1v) is 10.5. The molecule has 0 radical (unpaired) electrons. The number of hydrogen-bond acceptors (Lipinski definition) is 2. The van der Waals surface area contributed by atoms with Gasteiger partial charge in [-0.1, -0.05) is 52.0 Å². The van der Waals surface area contributed by atoms with E-state index in [1.165, 1.54) is 44.8 Å². The molecule has 0 unspecified atom stereocenters. The molecule has 0 fully saturated rings. The topological polar surface area (TPSA) is 6.48 Å². The van der Waals surface area contributed by atoms with Gasteiger partial charge in [-0.3, -0.25) is 0 Å². The van der Waals surface area contributed by atoms with Crippen LogP contribution >= 0.6 is 0 Å². The monoisotopic (exact) mass is 366 g/mol. The predicted molar refractivity (Wildman–Crippen MR) is 122 cm³/mol. The van der Waals surface area contributed by atoms with Gasteiger partial charge < -0.3 is 9.80 Å². The van der Waals surface area contributed by atoms with Crippen molar-refractivity contribution in [1.29, 1.82) is 0 Å². The Labute approximate surface area is 167 Å². The Bertz CT molecular complexity index is 656. The van der Waals surface area contributed by atoms with Crippen molar-refractivity contribution in [2.45, 2.75) is 59.8 Å². The lowest BCUT2D eigenvalue weighted by atomic mass is 9.92. The van der Waals surface area contributed by atoms with Crippen LogP contribution in [0, 0.1) is 0 Å². The van der Waals surface area contributed by atoms with Crippen LogP contribution in [0.4, 0.5) is 11.4 Å². The average Bonchev–Trinajstić information content (AvgIpc) is 2.65. The third-order valence-corrected chi connectivity index (χ3v) is 5.48. The maximum atomic E-state index is 2.42. The zero-order chi connectivity index (χ0) is 20.1. The minimum Gasteiger partial charge on any atom is -0.377 e. The summed E-state index contributed by atoms with van der Waals surface area (Å²) >= 11 is 0. The summed E-state index contributed by atoms with van der Waals surface area (Å²) in [6, 6.07) is 9.69. The number of hydrogen-bond donors (Lipinski definition) is 0. The van der Waals surface area contributed by atoms with E-state index in [0.717, 1.165) is 32.1 Å². The molecule has 0 aliphatic rings. The molecule has 0 aliphatic heterocycles. The van der Waals surface area contributed by atoms with Crippen LogP contribution in [0.25, 0.3) is 0 Å². The summed E-state index contributed by atoms with van der Waals surface area (Å²) in [7, 11) is 8.64. The molecular formula is C25H38N2. The molecular weight excluding hydrogens is 328 g/mol. The Morgan fingerprint density at radius 2 is 0.778 bits per heavy atom. The molecule has 0 aromatic heterocycles. The summed E-state index contributed by atoms with van der Waals surface area (Å²) in [5.41, 5.74) is 11.6. The van der Waals surface area contributed by atoms with Crippen LogP contribution < -0.4 is 9.80 Å². The van der Waals surface area contributed by atoms with E-state index >= 15 is 0 Å². The quantitative estimate of drug-likeness (QED) is 0.595.